The molecule has 0 radical (unpaired) electrons. The highest BCUT2D eigenvalue weighted by atomic mass is 15.1. The molecule has 0 aliphatic rings. The first-order valence-electron chi connectivity index (χ1n) is 6.53. The molecular weight excluding hydrogens is 222 g/mol. The highest BCUT2D eigenvalue weighted by Crippen LogP contribution is 2.17. The van der Waals surface area contributed by atoms with Gasteiger partial charge in [0.25, 0.3) is 0 Å². The molecule has 1 heterocycles. The number of benzene rings is 1. The second-order valence-electron chi connectivity index (χ2n) is 4.60. The number of nitrogens with one attached hydrogen (secondary N) is 1. The van der Waals surface area contributed by atoms with E-state index in [1.807, 2.05) is 19.4 Å². The lowest BCUT2D eigenvalue weighted by Gasteiger charge is -2.11. The molecule has 18 heavy (non-hydrogen) atoms. The maximum Gasteiger partial charge on any atom is 0.113 e. The van der Waals surface area contributed by atoms with E-state index in [4.69, 9.17) is 0 Å². The molecule has 0 unspecified atom stereocenters. The molecule has 1 aromatic carbocycles. The van der Waals surface area contributed by atoms with Gasteiger partial charge < -0.3 is 9.88 Å². The molecule has 0 saturated carbocycles. The first-order valence-corrected chi connectivity index (χ1v) is 6.53. The Morgan fingerprint density at radius 1 is 1.33 bits per heavy atom. The number of imidazole rings is 1. The Hall–Kier alpha value is -1.61. The van der Waals surface area contributed by atoms with Crippen LogP contribution in [-0.4, -0.2) is 16.6 Å². The zero-order valence-corrected chi connectivity index (χ0v) is 11.4. The largest absolute Gasteiger partial charge is 0.316 e. The molecule has 1 aromatic heterocycles. The normalized spacial score (nSPS) is 10.8. The Morgan fingerprint density at radius 3 is 2.83 bits per heavy atom. The van der Waals surface area contributed by atoms with Crippen LogP contribution >= 0.6 is 0 Å². The molecule has 0 atom stereocenters. The Kier molecular flexibility index (Phi) is 4.15. The van der Waals surface area contributed by atoms with E-state index in [1.54, 1.807) is 0 Å². The second kappa shape index (κ2) is 5.83. The van der Waals surface area contributed by atoms with E-state index < -0.39 is 0 Å². The van der Waals surface area contributed by atoms with Crippen LogP contribution < -0.4 is 5.32 Å². The predicted molar refractivity (Wildman–Crippen MR) is 75.1 cm³/mol. The summed E-state index contributed by atoms with van der Waals surface area (Å²) in [6.45, 7) is 5.25. The smallest absolute Gasteiger partial charge is 0.113 e. The summed E-state index contributed by atoms with van der Waals surface area (Å²) in [7, 11) is 1.97. The number of rotatable bonds is 5. The van der Waals surface area contributed by atoms with Gasteiger partial charge in [0.1, 0.15) is 5.82 Å². The van der Waals surface area contributed by atoms with Gasteiger partial charge in [0.15, 0.2) is 0 Å². The minimum Gasteiger partial charge on any atom is -0.316 e. The van der Waals surface area contributed by atoms with E-state index in [0.717, 1.165) is 25.2 Å². The molecule has 0 aliphatic heterocycles. The monoisotopic (exact) mass is 243 g/mol. The van der Waals surface area contributed by atoms with Crippen LogP contribution in [0.1, 0.15) is 30.3 Å². The second-order valence-corrected chi connectivity index (χ2v) is 4.60. The van der Waals surface area contributed by atoms with Crippen LogP contribution in [0.3, 0.4) is 0 Å². The summed E-state index contributed by atoms with van der Waals surface area (Å²) in [4.78, 5) is 4.42. The van der Waals surface area contributed by atoms with Crippen LogP contribution in [0.4, 0.5) is 0 Å². The van der Waals surface area contributed by atoms with Gasteiger partial charge in [-0.15, -0.1) is 0 Å². The van der Waals surface area contributed by atoms with E-state index in [0.29, 0.717) is 0 Å². The van der Waals surface area contributed by atoms with Gasteiger partial charge >= 0.3 is 0 Å². The highest BCUT2D eigenvalue weighted by Gasteiger charge is 2.05. The fraction of sp³-hybridized carbons (Fsp3) is 0.400. The average Bonchev–Trinajstić information content (AvgIpc) is 2.81. The van der Waals surface area contributed by atoms with Crippen molar-refractivity contribution in [2.75, 3.05) is 7.05 Å². The number of nitrogens with zero attached hydrogens (tertiary/aromatic N) is 2. The zero-order valence-electron chi connectivity index (χ0n) is 11.4. The lowest BCUT2D eigenvalue weighted by Crippen LogP contribution is -2.07. The van der Waals surface area contributed by atoms with Crippen LogP contribution in [-0.2, 0) is 13.0 Å². The summed E-state index contributed by atoms with van der Waals surface area (Å²) in [6, 6.07) is 6.59. The van der Waals surface area contributed by atoms with Crippen molar-refractivity contribution >= 4 is 0 Å². The number of hydrogen-bond donors (Lipinski definition) is 1. The summed E-state index contributed by atoms with van der Waals surface area (Å²) in [5.41, 5.74) is 3.87. The molecular formula is C15H21N3. The van der Waals surface area contributed by atoms with Crippen molar-refractivity contribution in [1.29, 1.82) is 0 Å². The fourth-order valence-electron chi connectivity index (χ4n) is 2.20. The van der Waals surface area contributed by atoms with Crippen LogP contribution in [0.15, 0.2) is 30.6 Å². The van der Waals surface area contributed by atoms with Crippen molar-refractivity contribution in [3.63, 3.8) is 0 Å². The van der Waals surface area contributed by atoms with E-state index in [-0.39, 0.29) is 0 Å². The SMILES string of the molecule is CCCc1nccn1-c1ccc(CNC)c(C)c1. The fourth-order valence-corrected chi connectivity index (χ4v) is 2.20. The minimum atomic E-state index is 0.915. The first-order chi connectivity index (χ1) is 8.76. The quantitative estimate of drug-likeness (QED) is 0.875. The van der Waals surface area contributed by atoms with E-state index in [9.17, 15) is 0 Å². The Bertz CT molecular complexity index is 514. The van der Waals surface area contributed by atoms with Crippen molar-refractivity contribution in [3.05, 3.63) is 47.5 Å². The summed E-state index contributed by atoms with van der Waals surface area (Å²) in [5, 5.41) is 3.19. The number of aromatic nitrogens is 2. The Morgan fingerprint density at radius 2 is 2.17 bits per heavy atom. The van der Waals surface area contributed by atoms with Gasteiger partial charge in [0.05, 0.1) is 0 Å². The van der Waals surface area contributed by atoms with Crippen LogP contribution in [0.2, 0.25) is 0 Å². The maximum absolute atomic E-state index is 4.42. The van der Waals surface area contributed by atoms with Crippen LogP contribution in [0, 0.1) is 6.92 Å². The van der Waals surface area contributed by atoms with Crippen molar-refractivity contribution in [2.24, 2.45) is 0 Å². The van der Waals surface area contributed by atoms with Crippen molar-refractivity contribution in [1.82, 2.24) is 14.9 Å². The topological polar surface area (TPSA) is 29.9 Å². The van der Waals surface area contributed by atoms with Gasteiger partial charge in [-0.05, 0) is 43.7 Å². The molecule has 2 aromatic rings. The Balaban J connectivity index is 2.33. The van der Waals surface area contributed by atoms with Crippen LogP contribution in [0.25, 0.3) is 5.69 Å². The standard InChI is InChI=1S/C15H21N3/c1-4-5-15-17-8-9-18(15)14-7-6-13(11-16-3)12(2)10-14/h6-10,16H,4-5,11H2,1-3H3. The van der Waals surface area contributed by atoms with Gasteiger partial charge in [-0.1, -0.05) is 13.0 Å². The van der Waals surface area contributed by atoms with Gasteiger partial charge in [0, 0.05) is 31.0 Å². The summed E-state index contributed by atoms with van der Waals surface area (Å²) in [5.74, 6) is 1.14. The molecule has 2 rings (SSSR count). The number of aryl methyl sites for hydroxylation is 2. The number of hydrogen-bond acceptors (Lipinski definition) is 2. The van der Waals surface area contributed by atoms with Crippen molar-refractivity contribution in [3.8, 4) is 5.69 Å². The summed E-state index contributed by atoms with van der Waals surface area (Å²) >= 11 is 0. The third-order valence-corrected chi connectivity index (χ3v) is 3.16. The first kappa shape index (κ1) is 12.8. The summed E-state index contributed by atoms with van der Waals surface area (Å²) < 4.78 is 2.18. The van der Waals surface area contributed by atoms with Crippen molar-refractivity contribution < 1.29 is 0 Å². The van der Waals surface area contributed by atoms with E-state index >= 15 is 0 Å². The van der Waals surface area contributed by atoms with E-state index in [2.05, 4.69) is 46.9 Å². The predicted octanol–water partition coefficient (Wildman–Crippen LogP) is 2.85. The average molecular weight is 243 g/mol. The molecule has 0 saturated heterocycles. The molecule has 0 aliphatic carbocycles. The molecule has 0 spiro atoms. The van der Waals surface area contributed by atoms with Gasteiger partial charge in [-0.2, -0.15) is 0 Å². The lowest BCUT2D eigenvalue weighted by molar-refractivity contribution is 0.800. The maximum atomic E-state index is 4.42. The zero-order chi connectivity index (χ0) is 13.0. The highest BCUT2D eigenvalue weighted by molar-refractivity contribution is 5.41. The Labute approximate surface area is 109 Å². The minimum absolute atomic E-state index is 0.915. The third-order valence-electron chi connectivity index (χ3n) is 3.16. The van der Waals surface area contributed by atoms with Crippen molar-refractivity contribution in [2.45, 2.75) is 33.2 Å². The van der Waals surface area contributed by atoms with E-state index in [1.165, 1.54) is 16.8 Å². The molecule has 0 fully saturated rings. The van der Waals surface area contributed by atoms with Gasteiger partial charge in [-0.3, -0.25) is 0 Å². The van der Waals surface area contributed by atoms with Gasteiger partial charge in [-0.25, -0.2) is 4.98 Å². The molecule has 0 amide bonds. The van der Waals surface area contributed by atoms with Gasteiger partial charge in [0.2, 0.25) is 0 Å². The molecule has 3 nitrogen and oxygen atoms in total. The molecule has 96 valence electrons. The lowest BCUT2D eigenvalue weighted by atomic mass is 10.1. The summed E-state index contributed by atoms with van der Waals surface area (Å²) in [6.07, 6.45) is 6.05. The third kappa shape index (κ3) is 2.62. The molecule has 1 N–H and O–H groups in total. The molecule has 3 heteroatoms. The molecule has 0 bridgehead atoms. The van der Waals surface area contributed by atoms with Crippen LogP contribution in [0.5, 0.6) is 0 Å².